The molecule has 1 unspecified atom stereocenters. The predicted octanol–water partition coefficient (Wildman–Crippen LogP) is 1.55. The molecule has 0 radical (unpaired) electrons. The molecule has 2 aromatic heterocycles. The Morgan fingerprint density at radius 1 is 1.47 bits per heavy atom. The maximum atomic E-state index is 4.18. The van der Waals surface area contributed by atoms with Crippen LogP contribution >= 0.6 is 11.5 Å². The molecule has 0 saturated carbocycles. The SMILES string of the molecule is CCNC(CCc1cnn(C)c1)c1cnns1. The fourth-order valence-electron chi connectivity index (χ4n) is 1.83. The number of hydrogen-bond acceptors (Lipinski definition) is 5. The van der Waals surface area contributed by atoms with Crippen molar-refractivity contribution in [3.05, 3.63) is 29.0 Å². The van der Waals surface area contributed by atoms with Crippen molar-refractivity contribution in [1.29, 1.82) is 0 Å². The number of aromatic nitrogens is 4. The summed E-state index contributed by atoms with van der Waals surface area (Å²) in [5.74, 6) is 0. The molecule has 5 nitrogen and oxygen atoms in total. The lowest BCUT2D eigenvalue weighted by atomic mass is 10.1. The summed E-state index contributed by atoms with van der Waals surface area (Å²) in [6.07, 6.45) is 7.90. The molecular formula is C11H17N5S. The molecule has 0 aromatic carbocycles. The van der Waals surface area contributed by atoms with Crippen molar-refractivity contribution >= 4 is 11.5 Å². The minimum atomic E-state index is 0.347. The first-order valence-electron chi connectivity index (χ1n) is 5.77. The first-order valence-corrected chi connectivity index (χ1v) is 6.55. The van der Waals surface area contributed by atoms with Crippen molar-refractivity contribution in [3.8, 4) is 0 Å². The highest BCUT2D eigenvalue weighted by molar-refractivity contribution is 7.05. The van der Waals surface area contributed by atoms with Crippen LogP contribution in [-0.4, -0.2) is 25.9 Å². The van der Waals surface area contributed by atoms with Gasteiger partial charge in [-0.15, -0.1) is 5.10 Å². The summed E-state index contributed by atoms with van der Waals surface area (Å²) in [7, 11) is 1.94. The van der Waals surface area contributed by atoms with Crippen LogP contribution < -0.4 is 5.32 Å². The molecule has 0 aliphatic heterocycles. The number of nitrogens with zero attached hydrogens (tertiary/aromatic N) is 4. The number of aryl methyl sites for hydroxylation is 2. The second-order valence-electron chi connectivity index (χ2n) is 3.99. The Hall–Kier alpha value is -1.27. The van der Waals surface area contributed by atoms with Crippen LogP contribution in [0.15, 0.2) is 18.6 Å². The van der Waals surface area contributed by atoms with Crippen LogP contribution in [0.5, 0.6) is 0 Å². The number of rotatable bonds is 6. The zero-order valence-corrected chi connectivity index (χ0v) is 10.9. The van der Waals surface area contributed by atoms with Gasteiger partial charge in [-0.3, -0.25) is 4.68 Å². The van der Waals surface area contributed by atoms with Gasteiger partial charge in [0, 0.05) is 19.3 Å². The van der Waals surface area contributed by atoms with Crippen molar-refractivity contribution in [1.82, 2.24) is 24.7 Å². The molecule has 0 aliphatic rings. The highest BCUT2D eigenvalue weighted by atomic mass is 32.1. The Morgan fingerprint density at radius 2 is 2.35 bits per heavy atom. The van der Waals surface area contributed by atoms with Crippen LogP contribution in [0.2, 0.25) is 0 Å². The van der Waals surface area contributed by atoms with Gasteiger partial charge >= 0.3 is 0 Å². The van der Waals surface area contributed by atoms with Crippen molar-refractivity contribution < 1.29 is 0 Å². The third-order valence-electron chi connectivity index (χ3n) is 2.65. The molecule has 0 amide bonds. The van der Waals surface area contributed by atoms with Gasteiger partial charge in [0.05, 0.1) is 17.3 Å². The average molecular weight is 251 g/mol. The number of hydrogen-bond donors (Lipinski definition) is 1. The molecule has 2 aromatic rings. The van der Waals surface area contributed by atoms with E-state index < -0.39 is 0 Å². The quantitative estimate of drug-likeness (QED) is 0.846. The summed E-state index contributed by atoms with van der Waals surface area (Å²) >= 11 is 1.47. The van der Waals surface area contributed by atoms with Gasteiger partial charge in [-0.25, -0.2) is 0 Å². The van der Waals surface area contributed by atoms with Crippen LogP contribution in [0.25, 0.3) is 0 Å². The van der Waals surface area contributed by atoms with E-state index in [2.05, 4.69) is 33.1 Å². The second kappa shape index (κ2) is 5.88. The summed E-state index contributed by atoms with van der Waals surface area (Å²) in [6, 6.07) is 0.347. The fraction of sp³-hybridized carbons (Fsp3) is 0.545. The monoisotopic (exact) mass is 251 g/mol. The topological polar surface area (TPSA) is 55.6 Å². The fourth-order valence-corrected chi connectivity index (χ4v) is 2.44. The molecule has 92 valence electrons. The Labute approximate surface area is 105 Å². The van der Waals surface area contributed by atoms with E-state index in [1.54, 1.807) is 0 Å². The largest absolute Gasteiger partial charge is 0.309 e. The van der Waals surface area contributed by atoms with Gasteiger partial charge in [-0.1, -0.05) is 11.4 Å². The van der Waals surface area contributed by atoms with E-state index in [0.29, 0.717) is 6.04 Å². The molecule has 0 saturated heterocycles. The molecule has 2 rings (SSSR count). The van der Waals surface area contributed by atoms with Crippen LogP contribution in [0, 0.1) is 0 Å². The standard InChI is InChI=1S/C11H17N5S/c1-3-12-10(11-7-13-15-17-11)5-4-9-6-14-16(2)8-9/h6-8,10,12H,3-5H2,1-2H3. The summed E-state index contributed by atoms with van der Waals surface area (Å²) in [5, 5.41) is 11.5. The predicted molar refractivity (Wildman–Crippen MR) is 67.9 cm³/mol. The highest BCUT2D eigenvalue weighted by Gasteiger charge is 2.13. The van der Waals surface area contributed by atoms with Crippen LogP contribution in [0.3, 0.4) is 0 Å². The molecular weight excluding hydrogens is 234 g/mol. The van der Waals surface area contributed by atoms with Crippen LogP contribution in [0.1, 0.15) is 29.8 Å². The Morgan fingerprint density at radius 3 is 2.94 bits per heavy atom. The molecule has 0 fully saturated rings. The first-order chi connectivity index (χ1) is 8.29. The summed E-state index contributed by atoms with van der Waals surface area (Å²) in [6.45, 7) is 3.07. The van der Waals surface area contributed by atoms with E-state index >= 15 is 0 Å². The summed E-state index contributed by atoms with van der Waals surface area (Å²) in [5.41, 5.74) is 1.27. The van der Waals surface area contributed by atoms with E-state index in [-0.39, 0.29) is 0 Å². The minimum absolute atomic E-state index is 0.347. The second-order valence-corrected chi connectivity index (χ2v) is 4.81. The Balaban J connectivity index is 1.94. The summed E-state index contributed by atoms with van der Waals surface area (Å²) in [4.78, 5) is 1.20. The smallest absolute Gasteiger partial charge is 0.0669 e. The lowest BCUT2D eigenvalue weighted by molar-refractivity contribution is 0.522. The maximum absolute atomic E-state index is 4.18. The van der Waals surface area contributed by atoms with Gasteiger partial charge in [0.2, 0.25) is 0 Å². The molecule has 0 aliphatic carbocycles. The Kier molecular flexibility index (Phi) is 4.22. The Bertz CT molecular complexity index is 436. The zero-order chi connectivity index (χ0) is 12.1. The summed E-state index contributed by atoms with van der Waals surface area (Å²) < 4.78 is 5.76. The van der Waals surface area contributed by atoms with Crippen LogP contribution in [-0.2, 0) is 13.5 Å². The van der Waals surface area contributed by atoms with Gasteiger partial charge in [0.1, 0.15) is 0 Å². The van der Waals surface area contributed by atoms with E-state index in [1.807, 2.05) is 24.1 Å². The normalized spacial score (nSPS) is 12.8. The first kappa shape index (κ1) is 12.2. The van der Waals surface area contributed by atoms with Gasteiger partial charge in [0.15, 0.2) is 0 Å². The van der Waals surface area contributed by atoms with Gasteiger partial charge in [-0.05, 0) is 36.5 Å². The van der Waals surface area contributed by atoms with E-state index in [4.69, 9.17) is 0 Å². The molecule has 6 heteroatoms. The molecule has 0 spiro atoms. The molecule has 2 heterocycles. The minimum Gasteiger partial charge on any atom is -0.309 e. The zero-order valence-electron chi connectivity index (χ0n) is 10.1. The van der Waals surface area contributed by atoms with Crippen molar-refractivity contribution in [2.24, 2.45) is 7.05 Å². The maximum Gasteiger partial charge on any atom is 0.0669 e. The van der Waals surface area contributed by atoms with Crippen LogP contribution in [0.4, 0.5) is 0 Å². The lowest BCUT2D eigenvalue weighted by Crippen LogP contribution is -2.20. The molecule has 17 heavy (non-hydrogen) atoms. The van der Waals surface area contributed by atoms with Gasteiger partial charge in [0.25, 0.3) is 0 Å². The third kappa shape index (κ3) is 3.34. The molecule has 0 bridgehead atoms. The third-order valence-corrected chi connectivity index (χ3v) is 3.43. The lowest BCUT2D eigenvalue weighted by Gasteiger charge is -2.14. The van der Waals surface area contributed by atoms with Crippen molar-refractivity contribution in [2.45, 2.75) is 25.8 Å². The van der Waals surface area contributed by atoms with E-state index in [9.17, 15) is 0 Å². The molecule has 1 N–H and O–H groups in total. The number of nitrogens with one attached hydrogen (secondary N) is 1. The van der Waals surface area contributed by atoms with E-state index in [1.165, 1.54) is 22.0 Å². The van der Waals surface area contributed by atoms with Crippen molar-refractivity contribution in [3.63, 3.8) is 0 Å². The van der Waals surface area contributed by atoms with Gasteiger partial charge < -0.3 is 5.32 Å². The highest BCUT2D eigenvalue weighted by Crippen LogP contribution is 2.20. The van der Waals surface area contributed by atoms with E-state index in [0.717, 1.165) is 19.4 Å². The van der Waals surface area contributed by atoms with Gasteiger partial charge in [-0.2, -0.15) is 5.10 Å². The average Bonchev–Trinajstić information content (AvgIpc) is 2.95. The molecule has 1 atom stereocenters. The van der Waals surface area contributed by atoms with Crippen molar-refractivity contribution in [2.75, 3.05) is 6.54 Å².